The Morgan fingerprint density at radius 3 is 2.87 bits per heavy atom. The lowest BCUT2D eigenvalue weighted by Gasteiger charge is -2.00. The Hall–Kier alpha value is -1.19. The molecule has 0 radical (unpaired) electrons. The van der Waals surface area contributed by atoms with Gasteiger partial charge >= 0.3 is 0 Å². The Balaban J connectivity index is 2.33. The van der Waals surface area contributed by atoms with E-state index in [0.29, 0.717) is 6.61 Å². The average molecular weight is 219 g/mol. The molecule has 2 rings (SSSR count). The van der Waals surface area contributed by atoms with Crippen molar-refractivity contribution in [2.45, 2.75) is 13.5 Å². The largest absolute Gasteiger partial charge is 0.378 e. The fraction of sp³-hybridized carbons (Fsp3) is 0.250. The molecule has 1 heterocycles. The van der Waals surface area contributed by atoms with Crippen molar-refractivity contribution < 1.29 is 4.74 Å². The lowest BCUT2D eigenvalue weighted by atomic mass is 10.1. The predicted octanol–water partition coefficient (Wildman–Crippen LogP) is 3.26. The van der Waals surface area contributed by atoms with Crippen molar-refractivity contribution in [3.8, 4) is 10.6 Å². The zero-order valence-electron chi connectivity index (χ0n) is 8.86. The number of methoxy groups -OCH3 is 1. The van der Waals surface area contributed by atoms with Gasteiger partial charge in [0.1, 0.15) is 5.01 Å². The van der Waals surface area contributed by atoms with Crippen molar-refractivity contribution in [1.29, 1.82) is 0 Å². The zero-order chi connectivity index (χ0) is 10.7. The molecule has 0 spiro atoms. The lowest BCUT2D eigenvalue weighted by molar-refractivity contribution is 0.182. The molecule has 0 saturated heterocycles. The maximum Gasteiger partial charge on any atom is 0.123 e. The van der Waals surface area contributed by atoms with Crippen LogP contribution in [-0.2, 0) is 11.3 Å². The Kier molecular flexibility index (Phi) is 3.14. The van der Waals surface area contributed by atoms with Crippen LogP contribution in [0.1, 0.15) is 11.3 Å². The molecule has 0 bridgehead atoms. The van der Waals surface area contributed by atoms with Gasteiger partial charge in [0.15, 0.2) is 0 Å². The molecule has 0 fully saturated rings. The maximum absolute atomic E-state index is 5.05. The van der Waals surface area contributed by atoms with Crippen molar-refractivity contribution >= 4 is 11.3 Å². The third kappa shape index (κ3) is 2.25. The van der Waals surface area contributed by atoms with E-state index in [-0.39, 0.29) is 0 Å². The Morgan fingerprint density at radius 2 is 2.13 bits per heavy atom. The topological polar surface area (TPSA) is 22.1 Å². The van der Waals surface area contributed by atoms with E-state index in [1.54, 1.807) is 18.4 Å². The van der Waals surface area contributed by atoms with Crippen LogP contribution >= 0.6 is 11.3 Å². The second kappa shape index (κ2) is 4.55. The molecule has 2 nitrogen and oxygen atoms in total. The Morgan fingerprint density at radius 1 is 1.33 bits per heavy atom. The molecule has 78 valence electrons. The van der Waals surface area contributed by atoms with Crippen molar-refractivity contribution in [2.24, 2.45) is 0 Å². The molecule has 0 aliphatic carbocycles. The van der Waals surface area contributed by atoms with Gasteiger partial charge in [-0.2, -0.15) is 0 Å². The molecular formula is C12H13NOS. The van der Waals surface area contributed by atoms with E-state index in [9.17, 15) is 0 Å². The number of benzene rings is 1. The fourth-order valence-corrected chi connectivity index (χ4v) is 2.35. The minimum atomic E-state index is 0.586. The van der Waals surface area contributed by atoms with Crippen LogP contribution in [0.15, 0.2) is 29.6 Å². The predicted molar refractivity (Wildman–Crippen MR) is 63.0 cm³/mol. The van der Waals surface area contributed by atoms with Crippen LogP contribution in [0.25, 0.3) is 10.6 Å². The summed E-state index contributed by atoms with van der Waals surface area (Å²) in [6, 6.07) is 8.29. The summed E-state index contributed by atoms with van der Waals surface area (Å²) in [7, 11) is 1.69. The van der Waals surface area contributed by atoms with Gasteiger partial charge < -0.3 is 4.74 Å². The fourth-order valence-electron chi connectivity index (χ4n) is 1.46. The first-order chi connectivity index (χ1) is 7.31. The molecule has 3 heteroatoms. The quantitative estimate of drug-likeness (QED) is 0.790. The summed E-state index contributed by atoms with van der Waals surface area (Å²) >= 11 is 1.67. The summed E-state index contributed by atoms with van der Waals surface area (Å²) in [4.78, 5) is 4.52. The Bertz CT molecular complexity index is 450. The van der Waals surface area contributed by atoms with Gasteiger partial charge in [0.25, 0.3) is 0 Å². The van der Waals surface area contributed by atoms with Gasteiger partial charge in [-0.15, -0.1) is 11.3 Å². The summed E-state index contributed by atoms with van der Waals surface area (Å²) in [5.74, 6) is 0. The normalized spacial score (nSPS) is 10.5. The summed E-state index contributed by atoms with van der Waals surface area (Å²) in [5, 5.41) is 3.12. The number of nitrogens with zero attached hydrogens (tertiary/aromatic N) is 1. The van der Waals surface area contributed by atoms with E-state index in [1.807, 2.05) is 17.5 Å². The first-order valence-corrected chi connectivity index (χ1v) is 5.68. The monoisotopic (exact) mass is 219 g/mol. The lowest BCUT2D eigenvalue weighted by Crippen LogP contribution is -1.87. The van der Waals surface area contributed by atoms with Gasteiger partial charge in [0.05, 0.1) is 12.3 Å². The Labute approximate surface area is 93.6 Å². The molecule has 0 atom stereocenters. The van der Waals surface area contributed by atoms with Crippen LogP contribution in [0.4, 0.5) is 0 Å². The van der Waals surface area contributed by atoms with E-state index in [0.717, 1.165) is 10.7 Å². The van der Waals surface area contributed by atoms with Crippen molar-refractivity contribution in [2.75, 3.05) is 7.11 Å². The highest BCUT2D eigenvalue weighted by Gasteiger charge is 2.06. The van der Waals surface area contributed by atoms with E-state index < -0.39 is 0 Å². The van der Waals surface area contributed by atoms with Crippen molar-refractivity contribution in [3.05, 3.63) is 40.9 Å². The van der Waals surface area contributed by atoms with Gasteiger partial charge in [-0.05, 0) is 12.5 Å². The number of aromatic nitrogens is 1. The van der Waals surface area contributed by atoms with Gasteiger partial charge in [0, 0.05) is 18.1 Å². The van der Waals surface area contributed by atoms with Crippen LogP contribution in [0.3, 0.4) is 0 Å². The van der Waals surface area contributed by atoms with Gasteiger partial charge in [-0.25, -0.2) is 4.98 Å². The van der Waals surface area contributed by atoms with Crippen LogP contribution in [-0.4, -0.2) is 12.1 Å². The third-order valence-electron chi connectivity index (χ3n) is 2.22. The van der Waals surface area contributed by atoms with Crippen LogP contribution in [0, 0.1) is 6.92 Å². The minimum absolute atomic E-state index is 0.586. The molecule has 1 aromatic carbocycles. The molecule has 0 aliphatic heterocycles. The van der Waals surface area contributed by atoms with Crippen LogP contribution < -0.4 is 0 Å². The van der Waals surface area contributed by atoms with Gasteiger partial charge in [0.2, 0.25) is 0 Å². The first kappa shape index (κ1) is 10.3. The number of thiazole rings is 1. The molecule has 1 aromatic heterocycles. The van der Waals surface area contributed by atoms with Gasteiger partial charge in [-0.1, -0.05) is 24.3 Å². The molecule has 0 amide bonds. The van der Waals surface area contributed by atoms with E-state index in [4.69, 9.17) is 4.74 Å². The summed E-state index contributed by atoms with van der Waals surface area (Å²) in [6.07, 6.45) is 0. The van der Waals surface area contributed by atoms with E-state index >= 15 is 0 Å². The van der Waals surface area contributed by atoms with Crippen molar-refractivity contribution in [1.82, 2.24) is 4.98 Å². The summed E-state index contributed by atoms with van der Waals surface area (Å²) in [5.41, 5.74) is 3.47. The van der Waals surface area contributed by atoms with Crippen LogP contribution in [0.2, 0.25) is 0 Å². The molecule has 2 aromatic rings. The standard InChI is InChI=1S/C12H13NOS/c1-9-5-3-4-6-11(9)12-13-10(7-14-2)8-15-12/h3-6,8H,7H2,1-2H3. The zero-order valence-corrected chi connectivity index (χ0v) is 9.67. The first-order valence-electron chi connectivity index (χ1n) is 4.80. The minimum Gasteiger partial charge on any atom is -0.378 e. The van der Waals surface area contributed by atoms with Gasteiger partial charge in [-0.3, -0.25) is 0 Å². The number of aryl methyl sites for hydroxylation is 1. The van der Waals surface area contributed by atoms with Crippen LogP contribution in [0.5, 0.6) is 0 Å². The second-order valence-corrected chi connectivity index (χ2v) is 4.25. The van der Waals surface area contributed by atoms with Crippen molar-refractivity contribution in [3.63, 3.8) is 0 Å². The molecule has 0 saturated carbocycles. The number of hydrogen-bond donors (Lipinski definition) is 0. The molecule has 0 unspecified atom stereocenters. The smallest absolute Gasteiger partial charge is 0.123 e. The highest BCUT2D eigenvalue weighted by atomic mass is 32.1. The number of hydrogen-bond acceptors (Lipinski definition) is 3. The maximum atomic E-state index is 5.05. The number of ether oxygens (including phenoxy) is 1. The molecule has 0 aliphatic rings. The highest BCUT2D eigenvalue weighted by molar-refractivity contribution is 7.13. The highest BCUT2D eigenvalue weighted by Crippen LogP contribution is 2.26. The van der Waals surface area contributed by atoms with E-state index in [1.165, 1.54) is 11.1 Å². The SMILES string of the molecule is COCc1csc(-c2ccccc2C)n1. The summed E-state index contributed by atoms with van der Waals surface area (Å²) < 4.78 is 5.05. The van der Waals surface area contributed by atoms with E-state index in [2.05, 4.69) is 24.0 Å². The second-order valence-electron chi connectivity index (χ2n) is 3.39. The number of rotatable bonds is 3. The average Bonchev–Trinajstić information content (AvgIpc) is 2.68. The third-order valence-corrected chi connectivity index (χ3v) is 3.14. The molecule has 15 heavy (non-hydrogen) atoms. The molecular weight excluding hydrogens is 206 g/mol. The summed E-state index contributed by atoms with van der Waals surface area (Å²) in [6.45, 7) is 2.69. The molecule has 0 N–H and O–H groups in total.